The summed E-state index contributed by atoms with van der Waals surface area (Å²) in [5.74, 6) is 5.53. The zero-order chi connectivity index (χ0) is 10.2. The maximum Gasteiger partial charge on any atom is 0.0591 e. The van der Waals surface area contributed by atoms with E-state index in [9.17, 15) is 0 Å². The molecule has 1 saturated heterocycles. The highest BCUT2D eigenvalue weighted by Gasteiger charge is 2.19. The lowest BCUT2D eigenvalue weighted by Gasteiger charge is -2.19. The lowest BCUT2D eigenvalue weighted by molar-refractivity contribution is 0.0933. The van der Waals surface area contributed by atoms with Crippen molar-refractivity contribution in [2.75, 3.05) is 6.61 Å². The van der Waals surface area contributed by atoms with Crippen molar-refractivity contribution in [1.29, 1.82) is 0 Å². The van der Waals surface area contributed by atoms with Crippen LogP contribution in [0.15, 0.2) is 0 Å². The third-order valence-corrected chi connectivity index (χ3v) is 2.96. The Balaban J connectivity index is 2.10. The number of nitrogens with two attached hydrogens (primary N) is 1. The SMILES string of the molecule is CCCCCC(CC1CCCO1)NN. The van der Waals surface area contributed by atoms with E-state index in [1.54, 1.807) is 0 Å². The minimum absolute atomic E-state index is 0.449. The number of unbranched alkanes of at least 4 members (excludes halogenated alkanes) is 2. The first-order valence-corrected chi connectivity index (χ1v) is 5.94. The van der Waals surface area contributed by atoms with Gasteiger partial charge in [0, 0.05) is 12.6 Å². The molecule has 1 aliphatic rings. The van der Waals surface area contributed by atoms with Crippen LogP contribution in [0.2, 0.25) is 0 Å². The molecule has 0 bridgehead atoms. The van der Waals surface area contributed by atoms with Gasteiger partial charge in [-0.2, -0.15) is 0 Å². The summed E-state index contributed by atoms with van der Waals surface area (Å²) in [6.45, 7) is 3.17. The minimum Gasteiger partial charge on any atom is -0.378 e. The molecule has 2 atom stereocenters. The van der Waals surface area contributed by atoms with Crippen LogP contribution in [0, 0.1) is 0 Å². The number of hydrazine groups is 1. The van der Waals surface area contributed by atoms with Crippen LogP contribution in [0.4, 0.5) is 0 Å². The van der Waals surface area contributed by atoms with Gasteiger partial charge in [0.15, 0.2) is 0 Å². The lowest BCUT2D eigenvalue weighted by atomic mass is 10.0. The van der Waals surface area contributed by atoms with Crippen molar-refractivity contribution in [3.8, 4) is 0 Å². The maximum absolute atomic E-state index is 5.60. The smallest absolute Gasteiger partial charge is 0.0591 e. The van der Waals surface area contributed by atoms with Gasteiger partial charge in [-0.1, -0.05) is 26.2 Å². The Morgan fingerprint density at radius 2 is 2.36 bits per heavy atom. The van der Waals surface area contributed by atoms with Crippen LogP contribution in [-0.2, 0) is 4.74 Å². The Morgan fingerprint density at radius 3 is 2.93 bits per heavy atom. The normalized spacial score (nSPS) is 24.0. The molecule has 1 aliphatic heterocycles. The molecular formula is C11H24N2O. The standard InChI is InChI=1S/C11H24N2O/c1-2-3-4-6-10(13-12)9-11-7-5-8-14-11/h10-11,13H,2-9,12H2,1H3. The van der Waals surface area contributed by atoms with Gasteiger partial charge in [-0.3, -0.25) is 11.3 Å². The highest BCUT2D eigenvalue weighted by Crippen LogP contribution is 2.18. The Bertz CT molecular complexity index is 135. The molecule has 0 aliphatic carbocycles. The average Bonchev–Trinajstić information content (AvgIpc) is 2.69. The molecule has 1 rings (SSSR count). The van der Waals surface area contributed by atoms with Crippen molar-refractivity contribution in [3.63, 3.8) is 0 Å². The van der Waals surface area contributed by atoms with E-state index in [1.165, 1.54) is 38.5 Å². The average molecular weight is 200 g/mol. The van der Waals surface area contributed by atoms with Crippen LogP contribution in [-0.4, -0.2) is 18.8 Å². The molecule has 0 aromatic heterocycles. The number of ether oxygens (including phenoxy) is 1. The second-order valence-electron chi connectivity index (χ2n) is 4.23. The zero-order valence-electron chi connectivity index (χ0n) is 9.30. The Morgan fingerprint density at radius 1 is 1.50 bits per heavy atom. The molecule has 14 heavy (non-hydrogen) atoms. The summed E-state index contributed by atoms with van der Waals surface area (Å²) in [7, 11) is 0. The summed E-state index contributed by atoms with van der Waals surface area (Å²) in [5.41, 5.74) is 2.91. The molecule has 0 radical (unpaired) electrons. The summed E-state index contributed by atoms with van der Waals surface area (Å²) >= 11 is 0. The van der Waals surface area contributed by atoms with E-state index in [-0.39, 0.29) is 0 Å². The number of rotatable bonds is 7. The van der Waals surface area contributed by atoms with Crippen molar-refractivity contribution in [1.82, 2.24) is 5.43 Å². The molecule has 0 amide bonds. The molecule has 3 nitrogen and oxygen atoms in total. The monoisotopic (exact) mass is 200 g/mol. The topological polar surface area (TPSA) is 47.3 Å². The zero-order valence-corrected chi connectivity index (χ0v) is 9.30. The molecule has 0 saturated carbocycles. The van der Waals surface area contributed by atoms with Crippen LogP contribution in [0.3, 0.4) is 0 Å². The minimum atomic E-state index is 0.449. The van der Waals surface area contributed by atoms with E-state index in [0.717, 1.165) is 13.0 Å². The first-order chi connectivity index (χ1) is 6.86. The van der Waals surface area contributed by atoms with Crippen molar-refractivity contribution in [2.45, 2.75) is 64.0 Å². The Hall–Kier alpha value is -0.120. The molecule has 84 valence electrons. The largest absolute Gasteiger partial charge is 0.378 e. The van der Waals surface area contributed by atoms with Crippen LogP contribution in [0.25, 0.3) is 0 Å². The van der Waals surface area contributed by atoms with Gasteiger partial charge in [0.1, 0.15) is 0 Å². The summed E-state index contributed by atoms with van der Waals surface area (Å²) in [6, 6.07) is 0.449. The summed E-state index contributed by atoms with van der Waals surface area (Å²) in [5, 5.41) is 0. The van der Waals surface area contributed by atoms with E-state index >= 15 is 0 Å². The van der Waals surface area contributed by atoms with Gasteiger partial charge in [-0.05, 0) is 25.7 Å². The van der Waals surface area contributed by atoms with E-state index in [2.05, 4.69) is 12.3 Å². The first kappa shape index (κ1) is 12.0. The van der Waals surface area contributed by atoms with E-state index in [1.807, 2.05) is 0 Å². The van der Waals surface area contributed by atoms with Gasteiger partial charge in [0.25, 0.3) is 0 Å². The predicted octanol–water partition coefficient (Wildman–Crippen LogP) is 1.97. The Labute approximate surface area is 87.4 Å². The fourth-order valence-electron chi connectivity index (χ4n) is 2.06. The van der Waals surface area contributed by atoms with Crippen molar-refractivity contribution in [3.05, 3.63) is 0 Å². The molecule has 3 heteroatoms. The number of hydrogen-bond acceptors (Lipinski definition) is 3. The highest BCUT2D eigenvalue weighted by molar-refractivity contribution is 4.73. The number of hydrogen-bond donors (Lipinski definition) is 2. The van der Waals surface area contributed by atoms with Gasteiger partial charge in [0.2, 0.25) is 0 Å². The van der Waals surface area contributed by atoms with Crippen LogP contribution < -0.4 is 11.3 Å². The van der Waals surface area contributed by atoms with Crippen molar-refractivity contribution in [2.24, 2.45) is 5.84 Å². The van der Waals surface area contributed by atoms with E-state index < -0.39 is 0 Å². The lowest BCUT2D eigenvalue weighted by Crippen LogP contribution is -2.37. The molecule has 0 aromatic carbocycles. The molecule has 1 heterocycles. The van der Waals surface area contributed by atoms with E-state index in [0.29, 0.717) is 12.1 Å². The molecule has 2 unspecified atom stereocenters. The van der Waals surface area contributed by atoms with Crippen LogP contribution in [0.5, 0.6) is 0 Å². The van der Waals surface area contributed by atoms with Gasteiger partial charge in [0.05, 0.1) is 6.10 Å². The maximum atomic E-state index is 5.60. The summed E-state index contributed by atoms with van der Waals surface area (Å²) in [4.78, 5) is 0. The predicted molar refractivity (Wildman–Crippen MR) is 58.8 cm³/mol. The van der Waals surface area contributed by atoms with Gasteiger partial charge >= 0.3 is 0 Å². The first-order valence-electron chi connectivity index (χ1n) is 5.94. The van der Waals surface area contributed by atoms with Crippen molar-refractivity contribution < 1.29 is 4.74 Å². The third kappa shape index (κ3) is 4.40. The number of nitrogens with one attached hydrogen (secondary N) is 1. The Kier molecular flexibility index (Phi) is 6.15. The van der Waals surface area contributed by atoms with Crippen LogP contribution >= 0.6 is 0 Å². The second-order valence-corrected chi connectivity index (χ2v) is 4.23. The van der Waals surface area contributed by atoms with Gasteiger partial charge < -0.3 is 4.74 Å². The third-order valence-electron chi connectivity index (χ3n) is 2.96. The van der Waals surface area contributed by atoms with Gasteiger partial charge in [-0.25, -0.2) is 0 Å². The molecular weight excluding hydrogens is 176 g/mol. The molecule has 1 fully saturated rings. The van der Waals surface area contributed by atoms with Crippen molar-refractivity contribution >= 4 is 0 Å². The fraction of sp³-hybridized carbons (Fsp3) is 1.00. The highest BCUT2D eigenvalue weighted by atomic mass is 16.5. The molecule has 0 spiro atoms. The fourth-order valence-corrected chi connectivity index (χ4v) is 2.06. The second kappa shape index (κ2) is 7.21. The molecule has 3 N–H and O–H groups in total. The molecule has 0 aromatic rings. The quantitative estimate of drug-likeness (QED) is 0.375. The summed E-state index contributed by atoms with van der Waals surface area (Å²) < 4.78 is 5.60. The van der Waals surface area contributed by atoms with Gasteiger partial charge in [-0.15, -0.1) is 0 Å². The van der Waals surface area contributed by atoms with Crippen LogP contribution in [0.1, 0.15) is 51.9 Å². The van der Waals surface area contributed by atoms with E-state index in [4.69, 9.17) is 10.6 Å². The summed E-state index contributed by atoms with van der Waals surface area (Å²) in [6.07, 6.45) is 9.02.